The second kappa shape index (κ2) is 7.06. The lowest BCUT2D eigenvalue weighted by molar-refractivity contribution is 0.200. The Morgan fingerprint density at radius 3 is 2.47 bits per heavy atom. The predicted molar refractivity (Wildman–Crippen MR) is 74.1 cm³/mol. The number of nitrogens with zero attached hydrogens (tertiary/aromatic N) is 3. The topological polar surface area (TPSA) is 73.0 Å². The molecule has 19 heavy (non-hydrogen) atoms. The zero-order valence-electron chi connectivity index (χ0n) is 11.9. The van der Waals surface area contributed by atoms with Crippen molar-refractivity contribution in [3.63, 3.8) is 0 Å². The maximum absolute atomic E-state index is 12.0. The van der Waals surface area contributed by atoms with E-state index >= 15 is 0 Å². The average molecular weight is 292 g/mol. The molecule has 0 bridgehead atoms. The Balaban J connectivity index is 2.59. The minimum atomic E-state index is -3.38. The maximum atomic E-state index is 12.0. The second-order valence-electron chi connectivity index (χ2n) is 4.76. The molecule has 1 fully saturated rings. The summed E-state index contributed by atoms with van der Waals surface area (Å²) in [6.45, 7) is 4.47. The first-order valence-corrected chi connectivity index (χ1v) is 7.99. The molecule has 7 nitrogen and oxygen atoms in total. The van der Waals surface area contributed by atoms with Gasteiger partial charge >= 0.3 is 6.03 Å². The van der Waals surface area contributed by atoms with Gasteiger partial charge in [0, 0.05) is 46.8 Å². The zero-order chi connectivity index (χ0) is 14.5. The Bertz CT molecular complexity index is 397. The van der Waals surface area contributed by atoms with Crippen molar-refractivity contribution in [2.75, 3.05) is 46.8 Å². The van der Waals surface area contributed by atoms with Crippen LogP contribution in [0.5, 0.6) is 0 Å². The number of hydrogen-bond acceptors (Lipinski definition) is 3. The fourth-order valence-electron chi connectivity index (χ4n) is 1.90. The summed E-state index contributed by atoms with van der Waals surface area (Å²) in [7, 11) is -0.341. The molecule has 1 N–H and O–H groups in total. The van der Waals surface area contributed by atoms with Crippen LogP contribution in [0.25, 0.3) is 0 Å². The Morgan fingerprint density at radius 2 is 1.89 bits per heavy atom. The number of hydrogen-bond donors (Lipinski definition) is 1. The van der Waals surface area contributed by atoms with Crippen molar-refractivity contribution >= 4 is 16.2 Å². The summed E-state index contributed by atoms with van der Waals surface area (Å²) < 4.78 is 26.7. The minimum absolute atomic E-state index is 0.106. The van der Waals surface area contributed by atoms with Gasteiger partial charge in [-0.3, -0.25) is 0 Å². The molecule has 0 aromatic heterocycles. The van der Waals surface area contributed by atoms with E-state index < -0.39 is 10.2 Å². The summed E-state index contributed by atoms with van der Waals surface area (Å²) >= 11 is 0. The van der Waals surface area contributed by atoms with Crippen LogP contribution in [-0.4, -0.2) is 74.8 Å². The predicted octanol–water partition coefficient (Wildman–Crippen LogP) is -0.0799. The van der Waals surface area contributed by atoms with E-state index in [0.29, 0.717) is 39.1 Å². The van der Waals surface area contributed by atoms with Crippen LogP contribution in [0.2, 0.25) is 0 Å². The third-order valence-electron chi connectivity index (χ3n) is 3.06. The fraction of sp³-hybridized carbons (Fsp3) is 0.909. The summed E-state index contributed by atoms with van der Waals surface area (Å²) in [5.41, 5.74) is 0. The SMILES string of the molecule is CCCNC(=O)N1CCCN(S(=O)(=O)N(C)C)CC1. The minimum Gasteiger partial charge on any atom is -0.338 e. The summed E-state index contributed by atoms with van der Waals surface area (Å²) in [4.78, 5) is 13.5. The van der Waals surface area contributed by atoms with Crippen LogP contribution in [0.3, 0.4) is 0 Å². The normalized spacial score (nSPS) is 18.4. The monoisotopic (exact) mass is 292 g/mol. The average Bonchev–Trinajstić information content (AvgIpc) is 2.61. The molecule has 2 amide bonds. The van der Waals surface area contributed by atoms with Crippen molar-refractivity contribution in [1.29, 1.82) is 0 Å². The van der Waals surface area contributed by atoms with E-state index in [-0.39, 0.29) is 6.03 Å². The van der Waals surface area contributed by atoms with Gasteiger partial charge in [0.2, 0.25) is 0 Å². The van der Waals surface area contributed by atoms with Crippen molar-refractivity contribution in [3.05, 3.63) is 0 Å². The number of nitrogens with one attached hydrogen (secondary N) is 1. The molecule has 0 spiro atoms. The molecular weight excluding hydrogens is 268 g/mol. The van der Waals surface area contributed by atoms with Crippen molar-refractivity contribution < 1.29 is 13.2 Å². The van der Waals surface area contributed by atoms with E-state index in [1.165, 1.54) is 22.7 Å². The molecule has 0 saturated carbocycles. The van der Waals surface area contributed by atoms with Gasteiger partial charge in [-0.2, -0.15) is 17.0 Å². The van der Waals surface area contributed by atoms with Crippen LogP contribution in [0.15, 0.2) is 0 Å². The van der Waals surface area contributed by atoms with Gasteiger partial charge in [-0.15, -0.1) is 0 Å². The largest absolute Gasteiger partial charge is 0.338 e. The smallest absolute Gasteiger partial charge is 0.317 e. The molecule has 0 atom stereocenters. The molecule has 8 heteroatoms. The summed E-state index contributed by atoms with van der Waals surface area (Å²) in [5, 5.41) is 2.81. The van der Waals surface area contributed by atoms with Crippen LogP contribution in [-0.2, 0) is 10.2 Å². The number of rotatable bonds is 4. The van der Waals surface area contributed by atoms with E-state index in [4.69, 9.17) is 0 Å². The van der Waals surface area contributed by atoms with Gasteiger partial charge in [-0.05, 0) is 12.8 Å². The molecule has 1 saturated heterocycles. The highest BCUT2D eigenvalue weighted by Crippen LogP contribution is 2.10. The summed E-state index contributed by atoms with van der Waals surface area (Å²) in [5.74, 6) is 0. The molecule has 1 heterocycles. The van der Waals surface area contributed by atoms with Gasteiger partial charge in [-0.1, -0.05) is 6.92 Å². The highest BCUT2D eigenvalue weighted by molar-refractivity contribution is 7.86. The quantitative estimate of drug-likeness (QED) is 0.788. The van der Waals surface area contributed by atoms with Crippen molar-refractivity contribution in [3.8, 4) is 0 Å². The Hall–Kier alpha value is -0.860. The highest BCUT2D eigenvalue weighted by atomic mass is 32.2. The number of urea groups is 1. The van der Waals surface area contributed by atoms with Crippen LogP contribution in [0.1, 0.15) is 19.8 Å². The molecular formula is C11H24N4O3S. The lowest BCUT2D eigenvalue weighted by Crippen LogP contribution is -2.44. The van der Waals surface area contributed by atoms with Crippen LogP contribution in [0, 0.1) is 0 Å². The van der Waals surface area contributed by atoms with Gasteiger partial charge in [0.05, 0.1) is 0 Å². The van der Waals surface area contributed by atoms with Crippen LogP contribution < -0.4 is 5.32 Å². The van der Waals surface area contributed by atoms with Crippen molar-refractivity contribution in [1.82, 2.24) is 18.8 Å². The third kappa shape index (κ3) is 4.32. The highest BCUT2D eigenvalue weighted by Gasteiger charge is 2.28. The summed E-state index contributed by atoms with van der Waals surface area (Å²) in [6, 6.07) is -0.106. The molecule has 1 aliphatic rings. The van der Waals surface area contributed by atoms with Gasteiger partial charge in [0.15, 0.2) is 0 Å². The van der Waals surface area contributed by atoms with E-state index in [0.717, 1.165) is 6.42 Å². The maximum Gasteiger partial charge on any atom is 0.317 e. The van der Waals surface area contributed by atoms with Gasteiger partial charge < -0.3 is 10.2 Å². The molecule has 0 unspecified atom stereocenters. The lowest BCUT2D eigenvalue weighted by atomic mass is 10.4. The number of amides is 2. The van der Waals surface area contributed by atoms with Crippen LogP contribution >= 0.6 is 0 Å². The summed E-state index contributed by atoms with van der Waals surface area (Å²) in [6.07, 6.45) is 1.55. The van der Waals surface area contributed by atoms with Gasteiger partial charge in [0.25, 0.3) is 10.2 Å². The van der Waals surface area contributed by atoms with Gasteiger partial charge in [0.1, 0.15) is 0 Å². The van der Waals surface area contributed by atoms with E-state index in [2.05, 4.69) is 5.32 Å². The molecule has 1 aliphatic heterocycles. The molecule has 112 valence electrons. The standard InChI is InChI=1S/C11H24N4O3S/c1-4-6-12-11(16)14-7-5-8-15(10-9-14)19(17,18)13(2)3/h4-10H2,1-3H3,(H,12,16). The molecule has 1 rings (SSSR count). The Morgan fingerprint density at radius 1 is 1.21 bits per heavy atom. The van der Waals surface area contributed by atoms with Crippen molar-refractivity contribution in [2.45, 2.75) is 19.8 Å². The molecule has 0 aromatic rings. The second-order valence-corrected chi connectivity index (χ2v) is 6.90. The number of carbonyl (C=O) groups is 1. The number of carbonyl (C=O) groups excluding carboxylic acids is 1. The van der Waals surface area contributed by atoms with E-state index in [1.807, 2.05) is 6.92 Å². The van der Waals surface area contributed by atoms with E-state index in [9.17, 15) is 13.2 Å². The third-order valence-corrected chi connectivity index (χ3v) is 5.00. The Kier molecular flexibility index (Phi) is 6.02. The molecule has 0 radical (unpaired) electrons. The van der Waals surface area contributed by atoms with E-state index in [1.54, 1.807) is 4.90 Å². The lowest BCUT2D eigenvalue weighted by Gasteiger charge is -2.24. The van der Waals surface area contributed by atoms with Gasteiger partial charge in [-0.25, -0.2) is 4.79 Å². The Labute approximate surface area is 115 Å². The first kappa shape index (κ1) is 16.2. The van der Waals surface area contributed by atoms with Crippen LogP contribution in [0.4, 0.5) is 4.79 Å². The fourth-order valence-corrected chi connectivity index (χ4v) is 3.04. The first-order valence-electron chi connectivity index (χ1n) is 6.60. The van der Waals surface area contributed by atoms with Crippen molar-refractivity contribution in [2.24, 2.45) is 0 Å². The zero-order valence-corrected chi connectivity index (χ0v) is 12.7. The molecule has 0 aromatic carbocycles. The molecule has 0 aliphatic carbocycles. The first-order chi connectivity index (χ1) is 8.89.